The monoisotopic (exact) mass is 389 g/mol. The zero-order valence-electron chi connectivity index (χ0n) is 17.0. The maximum Gasteiger partial charge on any atom is 0.254 e. The number of likely N-dealkylation sites (tertiary alicyclic amines) is 1. The van der Waals surface area contributed by atoms with Crippen molar-refractivity contribution >= 4 is 11.8 Å². The fourth-order valence-electron chi connectivity index (χ4n) is 3.88. The molecule has 3 N–H and O–H groups in total. The van der Waals surface area contributed by atoms with Gasteiger partial charge in [-0.3, -0.25) is 9.59 Å². The zero-order valence-corrected chi connectivity index (χ0v) is 17.0. The second-order valence-corrected chi connectivity index (χ2v) is 8.05. The first-order valence-corrected chi connectivity index (χ1v) is 9.94. The first-order valence-electron chi connectivity index (χ1n) is 9.94. The Bertz CT molecular complexity index is 704. The molecule has 0 radical (unpaired) electrons. The van der Waals surface area contributed by atoms with Gasteiger partial charge in [0.05, 0.1) is 19.8 Å². The molecule has 1 unspecified atom stereocenters. The van der Waals surface area contributed by atoms with Crippen molar-refractivity contribution in [1.82, 2.24) is 10.2 Å². The van der Waals surface area contributed by atoms with E-state index in [-0.39, 0.29) is 23.3 Å². The third-order valence-corrected chi connectivity index (χ3v) is 6.06. The van der Waals surface area contributed by atoms with Gasteiger partial charge in [0, 0.05) is 37.2 Å². The van der Waals surface area contributed by atoms with Gasteiger partial charge in [-0.1, -0.05) is 0 Å². The van der Waals surface area contributed by atoms with Crippen LogP contribution in [0.4, 0.5) is 0 Å². The Morgan fingerprint density at radius 2 is 1.68 bits per heavy atom. The number of amides is 2. The molecule has 1 aromatic carbocycles. The SMILES string of the molecule is COc1cc(OC)cc(C(=O)N2CCC(C(=O)NC(C)(CN)C3CC3)CC2)c1. The largest absolute Gasteiger partial charge is 0.497 e. The molecule has 1 saturated carbocycles. The second-order valence-electron chi connectivity index (χ2n) is 8.05. The van der Waals surface area contributed by atoms with Crippen molar-refractivity contribution in [2.75, 3.05) is 33.9 Å². The predicted molar refractivity (Wildman–Crippen MR) is 106 cm³/mol. The van der Waals surface area contributed by atoms with Crippen molar-refractivity contribution in [3.05, 3.63) is 23.8 Å². The number of hydrogen-bond acceptors (Lipinski definition) is 5. The van der Waals surface area contributed by atoms with E-state index in [0.717, 1.165) is 12.8 Å². The molecule has 0 spiro atoms. The molecule has 28 heavy (non-hydrogen) atoms. The number of nitrogens with zero attached hydrogens (tertiary/aromatic N) is 1. The second kappa shape index (κ2) is 8.39. The molecular formula is C21H31N3O4. The molecule has 1 aliphatic carbocycles. The van der Waals surface area contributed by atoms with E-state index in [1.54, 1.807) is 37.3 Å². The number of nitrogens with one attached hydrogen (secondary N) is 1. The number of carbonyl (C=O) groups excluding carboxylic acids is 2. The highest BCUT2D eigenvalue weighted by Gasteiger charge is 2.42. The van der Waals surface area contributed by atoms with Gasteiger partial charge in [0.1, 0.15) is 11.5 Å². The molecule has 2 amide bonds. The maximum absolute atomic E-state index is 12.9. The van der Waals surface area contributed by atoms with Gasteiger partial charge < -0.3 is 25.4 Å². The van der Waals surface area contributed by atoms with Crippen LogP contribution in [0.3, 0.4) is 0 Å². The number of carbonyl (C=O) groups is 2. The van der Waals surface area contributed by atoms with Gasteiger partial charge >= 0.3 is 0 Å². The van der Waals surface area contributed by atoms with Gasteiger partial charge in [-0.05, 0) is 50.7 Å². The lowest BCUT2D eigenvalue weighted by atomic mass is 9.91. The molecule has 0 aromatic heterocycles. The average Bonchev–Trinajstić information content (AvgIpc) is 3.58. The van der Waals surface area contributed by atoms with Crippen LogP contribution in [0.1, 0.15) is 43.0 Å². The van der Waals surface area contributed by atoms with E-state index < -0.39 is 0 Å². The molecule has 154 valence electrons. The highest BCUT2D eigenvalue weighted by atomic mass is 16.5. The quantitative estimate of drug-likeness (QED) is 0.742. The van der Waals surface area contributed by atoms with Gasteiger partial charge in [0.25, 0.3) is 5.91 Å². The molecule has 7 nitrogen and oxygen atoms in total. The van der Waals surface area contributed by atoms with Crippen LogP contribution < -0.4 is 20.5 Å². The van der Waals surface area contributed by atoms with Crippen molar-refractivity contribution < 1.29 is 19.1 Å². The van der Waals surface area contributed by atoms with Crippen molar-refractivity contribution in [3.63, 3.8) is 0 Å². The van der Waals surface area contributed by atoms with Crippen LogP contribution in [0.5, 0.6) is 11.5 Å². The van der Waals surface area contributed by atoms with Crippen molar-refractivity contribution in [2.45, 2.75) is 38.1 Å². The molecule has 2 aliphatic rings. The number of piperidine rings is 1. The molecule has 1 saturated heterocycles. The fraction of sp³-hybridized carbons (Fsp3) is 0.619. The van der Waals surface area contributed by atoms with Gasteiger partial charge in [0.15, 0.2) is 0 Å². The van der Waals surface area contributed by atoms with Crippen LogP contribution in [0.2, 0.25) is 0 Å². The predicted octanol–water partition coefficient (Wildman–Crippen LogP) is 1.80. The molecule has 2 fully saturated rings. The summed E-state index contributed by atoms with van der Waals surface area (Å²) in [5.41, 5.74) is 6.14. The molecule has 1 aliphatic heterocycles. The van der Waals surface area contributed by atoms with Crippen LogP contribution >= 0.6 is 0 Å². The van der Waals surface area contributed by atoms with E-state index in [1.807, 2.05) is 6.92 Å². The summed E-state index contributed by atoms with van der Waals surface area (Å²) in [5, 5.41) is 3.18. The molecule has 1 atom stereocenters. The smallest absolute Gasteiger partial charge is 0.254 e. The first-order chi connectivity index (χ1) is 13.4. The topological polar surface area (TPSA) is 93.9 Å². The lowest BCUT2D eigenvalue weighted by Gasteiger charge is -2.35. The lowest BCUT2D eigenvalue weighted by molar-refractivity contribution is -0.128. The summed E-state index contributed by atoms with van der Waals surface area (Å²) in [6, 6.07) is 5.17. The minimum absolute atomic E-state index is 0.0648. The number of benzene rings is 1. The Kier molecular flexibility index (Phi) is 6.13. The Morgan fingerprint density at radius 3 is 2.14 bits per heavy atom. The van der Waals surface area contributed by atoms with Crippen LogP contribution in [0.15, 0.2) is 18.2 Å². The number of rotatable bonds is 7. The molecule has 1 aromatic rings. The van der Waals surface area contributed by atoms with Crippen LogP contribution in [0, 0.1) is 11.8 Å². The highest BCUT2D eigenvalue weighted by Crippen LogP contribution is 2.39. The summed E-state index contributed by atoms with van der Waals surface area (Å²) in [5.74, 6) is 1.58. The minimum atomic E-state index is -0.304. The Hall–Kier alpha value is -2.28. The van der Waals surface area contributed by atoms with Gasteiger partial charge in [-0.25, -0.2) is 0 Å². The average molecular weight is 389 g/mol. The summed E-state index contributed by atoms with van der Waals surface area (Å²) in [4.78, 5) is 27.4. The summed E-state index contributed by atoms with van der Waals surface area (Å²) in [6.45, 7) is 3.61. The third kappa shape index (κ3) is 4.41. The lowest BCUT2D eigenvalue weighted by Crippen LogP contribution is -2.55. The van der Waals surface area contributed by atoms with Crippen molar-refractivity contribution in [2.24, 2.45) is 17.6 Å². The summed E-state index contributed by atoms with van der Waals surface area (Å²) >= 11 is 0. The number of hydrogen-bond donors (Lipinski definition) is 2. The van der Waals surface area contributed by atoms with Gasteiger partial charge in [-0.15, -0.1) is 0 Å². The van der Waals surface area contributed by atoms with Gasteiger partial charge in [0.2, 0.25) is 5.91 Å². The van der Waals surface area contributed by atoms with E-state index in [1.165, 1.54) is 0 Å². The van der Waals surface area contributed by atoms with Crippen molar-refractivity contribution in [3.8, 4) is 11.5 Å². The third-order valence-electron chi connectivity index (χ3n) is 6.06. The van der Waals surface area contributed by atoms with E-state index in [0.29, 0.717) is 55.5 Å². The number of ether oxygens (including phenoxy) is 2. The molecule has 7 heteroatoms. The van der Waals surface area contributed by atoms with E-state index in [9.17, 15) is 9.59 Å². The summed E-state index contributed by atoms with van der Waals surface area (Å²) < 4.78 is 10.5. The van der Waals surface area contributed by atoms with Gasteiger partial charge in [-0.2, -0.15) is 0 Å². The molecular weight excluding hydrogens is 358 g/mol. The van der Waals surface area contributed by atoms with E-state index >= 15 is 0 Å². The van der Waals surface area contributed by atoms with E-state index in [4.69, 9.17) is 15.2 Å². The molecule has 3 rings (SSSR count). The summed E-state index contributed by atoms with van der Waals surface area (Å²) in [7, 11) is 3.12. The van der Waals surface area contributed by atoms with Crippen LogP contribution in [0.25, 0.3) is 0 Å². The Balaban J connectivity index is 1.59. The first kappa shape index (κ1) is 20.5. The van der Waals surface area contributed by atoms with E-state index in [2.05, 4.69) is 5.32 Å². The van der Waals surface area contributed by atoms with Crippen LogP contribution in [-0.2, 0) is 4.79 Å². The Morgan fingerprint density at radius 1 is 1.11 bits per heavy atom. The minimum Gasteiger partial charge on any atom is -0.497 e. The van der Waals surface area contributed by atoms with Crippen LogP contribution in [-0.4, -0.2) is 56.1 Å². The Labute approximate surface area is 166 Å². The number of nitrogens with two attached hydrogens (primary N) is 1. The summed E-state index contributed by atoms with van der Waals surface area (Å²) in [6.07, 6.45) is 3.57. The number of methoxy groups -OCH3 is 2. The standard InChI is InChI=1S/C21H31N3O4/c1-21(13-22,16-4-5-16)23-19(25)14-6-8-24(9-7-14)20(26)15-10-17(27-2)12-18(11-15)28-3/h10-12,14,16H,4-9,13,22H2,1-3H3,(H,23,25). The normalized spacial score (nSPS) is 19.6. The van der Waals surface area contributed by atoms with Crippen molar-refractivity contribution in [1.29, 1.82) is 0 Å². The molecule has 0 bridgehead atoms. The maximum atomic E-state index is 12.9. The molecule has 1 heterocycles. The zero-order chi connectivity index (χ0) is 20.3. The fourth-order valence-corrected chi connectivity index (χ4v) is 3.88. The highest BCUT2D eigenvalue weighted by molar-refractivity contribution is 5.95.